The number of hydrogen-bond donors (Lipinski definition) is 2. The maximum absolute atomic E-state index is 11.9. The summed E-state index contributed by atoms with van der Waals surface area (Å²) in [5.74, 6) is 0.0571. The predicted octanol–water partition coefficient (Wildman–Crippen LogP) is 3.47. The first kappa shape index (κ1) is 15.3. The number of carbonyl (C=O) groups excluding carboxylic acids is 1. The van der Waals surface area contributed by atoms with Gasteiger partial charge in [-0.25, -0.2) is 9.78 Å². The van der Waals surface area contributed by atoms with E-state index in [9.17, 15) is 4.79 Å². The predicted molar refractivity (Wildman–Crippen MR) is 85.6 cm³/mol. The van der Waals surface area contributed by atoms with Gasteiger partial charge in [0.1, 0.15) is 11.4 Å². The molecule has 0 aliphatic carbocycles. The van der Waals surface area contributed by atoms with Crippen molar-refractivity contribution in [2.75, 3.05) is 18.2 Å². The molecule has 0 aliphatic heterocycles. The van der Waals surface area contributed by atoms with Crippen molar-refractivity contribution in [1.29, 1.82) is 0 Å². The van der Waals surface area contributed by atoms with Gasteiger partial charge in [0.15, 0.2) is 0 Å². The number of carbonyl (C=O) groups is 1. The van der Waals surface area contributed by atoms with Crippen molar-refractivity contribution in [2.45, 2.75) is 25.8 Å². The number of hydrogen-bond acceptors (Lipinski definition) is 6. The molecule has 0 fully saturated rings. The molecule has 2 heterocycles. The lowest BCUT2D eigenvalue weighted by Gasteiger charge is -2.19. The van der Waals surface area contributed by atoms with Gasteiger partial charge in [-0.05, 0) is 23.9 Å². The van der Waals surface area contributed by atoms with E-state index in [-0.39, 0.29) is 6.04 Å². The molecule has 0 saturated heterocycles. The molecule has 2 aromatic heterocycles. The van der Waals surface area contributed by atoms with Crippen LogP contribution >= 0.6 is 11.3 Å². The fourth-order valence-electron chi connectivity index (χ4n) is 2.09. The zero-order valence-electron chi connectivity index (χ0n) is 12.1. The van der Waals surface area contributed by atoms with E-state index in [1.165, 1.54) is 18.2 Å². The molecule has 0 radical (unpaired) electrons. The first-order valence-corrected chi connectivity index (χ1v) is 7.67. The van der Waals surface area contributed by atoms with E-state index < -0.39 is 5.97 Å². The number of rotatable bonds is 6. The summed E-state index contributed by atoms with van der Waals surface area (Å²) >= 11 is 1.68. The van der Waals surface area contributed by atoms with Gasteiger partial charge in [-0.2, -0.15) is 0 Å². The molecule has 2 rings (SSSR count). The summed E-state index contributed by atoms with van der Waals surface area (Å²) in [6.45, 7) is 2.12. The third-order valence-corrected chi connectivity index (χ3v) is 4.08. The van der Waals surface area contributed by atoms with E-state index in [1.54, 1.807) is 17.4 Å². The van der Waals surface area contributed by atoms with Crippen molar-refractivity contribution in [1.82, 2.24) is 4.98 Å². The number of anilines is 2. The summed E-state index contributed by atoms with van der Waals surface area (Å²) in [4.78, 5) is 17.3. The molecule has 6 heteroatoms. The average molecular weight is 305 g/mol. The van der Waals surface area contributed by atoms with Crippen LogP contribution in [0.3, 0.4) is 0 Å². The molecule has 3 N–H and O–H groups in total. The average Bonchev–Trinajstić information content (AvgIpc) is 3.01. The SMILES string of the molecule is CCCC(Nc1ncc(N)cc1C(=O)OC)c1cccs1. The van der Waals surface area contributed by atoms with Crippen LogP contribution in [0.15, 0.2) is 29.8 Å². The number of nitrogens with zero attached hydrogens (tertiary/aromatic N) is 1. The molecule has 0 amide bonds. The van der Waals surface area contributed by atoms with Gasteiger partial charge in [0, 0.05) is 4.88 Å². The molecule has 0 aliphatic rings. The first-order valence-electron chi connectivity index (χ1n) is 6.79. The Kier molecular flexibility index (Phi) is 5.16. The highest BCUT2D eigenvalue weighted by Gasteiger charge is 2.18. The van der Waals surface area contributed by atoms with Crippen molar-refractivity contribution in [3.63, 3.8) is 0 Å². The van der Waals surface area contributed by atoms with Crippen molar-refractivity contribution in [2.24, 2.45) is 0 Å². The standard InChI is InChI=1S/C15H19N3O2S/c1-3-5-12(13-6-4-7-21-13)18-14-11(15(19)20-2)8-10(16)9-17-14/h4,6-9,12H,3,5,16H2,1-2H3,(H,17,18). The minimum Gasteiger partial charge on any atom is -0.465 e. The lowest BCUT2D eigenvalue weighted by molar-refractivity contribution is 0.0601. The Morgan fingerprint density at radius 3 is 3.00 bits per heavy atom. The second-order valence-electron chi connectivity index (χ2n) is 4.66. The fraction of sp³-hybridized carbons (Fsp3) is 0.333. The summed E-state index contributed by atoms with van der Waals surface area (Å²) in [7, 11) is 1.35. The van der Waals surface area contributed by atoms with Gasteiger partial charge in [-0.15, -0.1) is 11.3 Å². The summed E-state index contributed by atoms with van der Waals surface area (Å²) in [6, 6.07) is 5.79. The van der Waals surface area contributed by atoms with Gasteiger partial charge < -0.3 is 15.8 Å². The molecule has 1 unspecified atom stereocenters. The highest BCUT2D eigenvalue weighted by molar-refractivity contribution is 7.10. The van der Waals surface area contributed by atoms with E-state index in [2.05, 4.69) is 23.3 Å². The van der Waals surface area contributed by atoms with Crippen LogP contribution in [0.25, 0.3) is 0 Å². The maximum Gasteiger partial charge on any atom is 0.341 e. The van der Waals surface area contributed by atoms with E-state index in [1.807, 2.05) is 11.4 Å². The van der Waals surface area contributed by atoms with Crippen LogP contribution in [0.1, 0.15) is 41.0 Å². The zero-order chi connectivity index (χ0) is 15.2. The van der Waals surface area contributed by atoms with Crippen LogP contribution in [-0.2, 0) is 4.74 Å². The van der Waals surface area contributed by atoms with Gasteiger partial charge in [-0.3, -0.25) is 0 Å². The van der Waals surface area contributed by atoms with E-state index in [4.69, 9.17) is 10.5 Å². The minimum absolute atomic E-state index is 0.120. The Morgan fingerprint density at radius 2 is 2.38 bits per heavy atom. The Morgan fingerprint density at radius 1 is 1.57 bits per heavy atom. The second kappa shape index (κ2) is 7.08. The summed E-state index contributed by atoms with van der Waals surface area (Å²) in [5.41, 5.74) is 6.50. The van der Waals surface area contributed by atoms with Crippen LogP contribution in [-0.4, -0.2) is 18.1 Å². The highest BCUT2D eigenvalue weighted by Crippen LogP contribution is 2.28. The van der Waals surface area contributed by atoms with Crippen molar-refractivity contribution >= 4 is 28.8 Å². The third kappa shape index (κ3) is 3.72. The number of thiophene rings is 1. The minimum atomic E-state index is -0.446. The molecule has 0 aromatic carbocycles. The number of ether oxygens (including phenoxy) is 1. The highest BCUT2D eigenvalue weighted by atomic mass is 32.1. The van der Waals surface area contributed by atoms with Crippen LogP contribution in [0, 0.1) is 0 Å². The largest absolute Gasteiger partial charge is 0.465 e. The van der Waals surface area contributed by atoms with Gasteiger partial charge >= 0.3 is 5.97 Å². The molecule has 5 nitrogen and oxygen atoms in total. The Labute approximate surface area is 128 Å². The lowest BCUT2D eigenvalue weighted by Crippen LogP contribution is -2.15. The summed E-state index contributed by atoms with van der Waals surface area (Å²) < 4.78 is 4.79. The molecule has 2 aromatic rings. The molecule has 0 bridgehead atoms. The van der Waals surface area contributed by atoms with Crippen molar-refractivity contribution < 1.29 is 9.53 Å². The molecular formula is C15H19N3O2S. The quantitative estimate of drug-likeness (QED) is 0.799. The number of aromatic nitrogens is 1. The molecule has 0 saturated carbocycles. The Hall–Kier alpha value is -2.08. The van der Waals surface area contributed by atoms with Crippen LogP contribution in [0.5, 0.6) is 0 Å². The fourth-order valence-corrected chi connectivity index (χ4v) is 2.90. The smallest absolute Gasteiger partial charge is 0.341 e. The first-order chi connectivity index (χ1) is 10.2. The van der Waals surface area contributed by atoms with Crippen LogP contribution < -0.4 is 11.1 Å². The van der Waals surface area contributed by atoms with Crippen LogP contribution in [0.4, 0.5) is 11.5 Å². The molecule has 0 spiro atoms. The Balaban J connectivity index is 2.30. The molecule has 1 atom stereocenters. The van der Waals surface area contributed by atoms with Gasteiger partial charge in [0.25, 0.3) is 0 Å². The van der Waals surface area contributed by atoms with Crippen molar-refractivity contribution in [3.8, 4) is 0 Å². The number of nitrogens with two attached hydrogens (primary N) is 1. The van der Waals surface area contributed by atoms with Crippen molar-refractivity contribution in [3.05, 3.63) is 40.2 Å². The molecule has 112 valence electrons. The van der Waals surface area contributed by atoms with E-state index in [0.717, 1.165) is 12.8 Å². The zero-order valence-corrected chi connectivity index (χ0v) is 12.9. The van der Waals surface area contributed by atoms with E-state index >= 15 is 0 Å². The number of pyridine rings is 1. The number of nitrogen functional groups attached to an aromatic ring is 1. The van der Waals surface area contributed by atoms with Gasteiger partial charge in [0.2, 0.25) is 0 Å². The lowest BCUT2D eigenvalue weighted by atomic mass is 10.1. The van der Waals surface area contributed by atoms with Gasteiger partial charge in [0.05, 0.1) is 25.0 Å². The summed E-state index contributed by atoms with van der Waals surface area (Å²) in [6.07, 6.45) is 3.51. The third-order valence-electron chi connectivity index (χ3n) is 3.09. The van der Waals surface area contributed by atoms with E-state index in [0.29, 0.717) is 17.1 Å². The molecule has 21 heavy (non-hydrogen) atoms. The maximum atomic E-state index is 11.9. The second-order valence-corrected chi connectivity index (χ2v) is 5.64. The monoisotopic (exact) mass is 305 g/mol. The topological polar surface area (TPSA) is 77.2 Å². The number of nitrogens with one attached hydrogen (secondary N) is 1. The van der Waals surface area contributed by atoms with Gasteiger partial charge in [-0.1, -0.05) is 19.4 Å². The number of methoxy groups -OCH3 is 1. The van der Waals surface area contributed by atoms with Crippen LogP contribution in [0.2, 0.25) is 0 Å². The normalized spacial score (nSPS) is 11.9. The molecular weight excluding hydrogens is 286 g/mol. The summed E-state index contributed by atoms with van der Waals surface area (Å²) in [5, 5.41) is 5.38. The Bertz CT molecular complexity index is 599. The number of esters is 1.